The van der Waals surface area contributed by atoms with Crippen molar-refractivity contribution >= 4 is 21.6 Å². The second kappa shape index (κ2) is 4.65. The zero-order valence-corrected chi connectivity index (χ0v) is 10.3. The molecule has 2 aromatic rings. The second-order valence-electron chi connectivity index (χ2n) is 3.42. The molecule has 1 aromatic heterocycles. The lowest BCUT2D eigenvalue weighted by Crippen LogP contribution is -2.05. The molecule has 2 rings (SSSR count). The molecule has 0 saturated carbocycles. The molecule has 0 aliphatic rings. The molecule has 3 nitrogen and oxygen atoms in total. The molecule has 16 heavy (non-hydrogen) atoms. The average Bonchev–Trinajstić information content (AvgIpc) is 2.66. The van der Waals surface area contributed by atoms with E-state index in [1.54, 1.807) is 16.9 Å². The van der Waals surface area contributed by atoms with Gasteiger partial charge in [-0.25, -0.2) is 4.39 Å². The zero-order chi connectivity index (χ0) is 11.5. The second-order valence-corrected chi connectivity index (χ2v) is 4.28. The fourth-order valence-electron chi connectivity index (χ4n) is 1.39. The van der Waals surface area contributed by atoms with Crippen molar-refractivity contribution in [3.05, 3.63) is 46.4 Å². The minimum absolute atomic E-state index is 0.254. The van der Waals surface area contributed by atoms with Gasteiger partial charge in [0, 0.05) is 17.7 Å². The van der Waals surface area contributed by atoms with Gasteiger partial charge in [-0.1, -0.05) is 0 Å². The van der Waals surface area contributed by atoms with Gasteiger partial charge in [0.05, 0.1) is 17.9 Å². The lowest BCUT2D eigenvalue weighted by molar-refractivity contribution is 0.628. The van der Waals surface area contributed by atoms with Crippen molar-refractivity contribution < 1.29 is 4.39 Å². The Balaban J connectivity index is 2.10. The van der Waals surface area contributed by atoms with E-state index in [-0.39, 0.29) is 5.82 Å². The van der Waals surface area contributed by atoms with Gasteiger partial charge in [-0.05, 0) is 40.2 Å². The van der Waals surface area contributed by atoms with Crippen molar-refractivity contribution in [2.24, 2.45) is 7.05 Å². The first-order valence-corrected chi connectivity index (χ1v) is 5.62. The van der Waals surface area contributed by atoms with Crippen molar-refractivity contribution in [2.45, 2.75) is 6.54 Å². The monoisotopic (exact) mass is 283 g/mol. The molecule has 0 spiro atoms. The van der Waals surface area contributed by atoms with E-state index in [2.05, 4.69) is 26.3 Å². The van der Waals surface area contributed by atoms with Crippen LogP contribution in [-0.2, 0) is 13.6 Å². The Morgan fingerprint density at radius 3 is 2.94 bits per heavy atom. The number of benzene rings is 1. The first kappa shape index (κ1) is 11.1. The molecule has 1 aromatic carbocycles. The summed E-state index contributed by atoms with van der Waals surface area (Å²) in [5, 5.41) is 7.21. The number of hydrogen-bond acceptors (Lipinski definition) is 2. The standard InChI is InChI=1S/C11H11BrFN3/c1-16-9(4-5-15-16)7-14-11-6-8(13)2-3-10(11)12/h2-6,14H,7H2,1H3. The van der Waals surface area contributed by atoms with E-state index in [4.69, 9.17) is 0 Å². The van der Waals surface area contributed by atoms with E-state index < -0.39 is 0 Å². The Kier molecular flexibility index (Phi) is 3.24. The number of hydrogen-bond donors (Lipinski definition) is 1. The lowest BCUT2D eigenvalue weighted by atomic mass is 10.3. The normalized spacial score (nSPS) is 10.4. The molecule has 0 unspecified atom stereocenters. The lowest BCUT2D eigenvalue weighted by Gasteiger charge is -2.08. The van der Waals surface area contributed by atoms with E-state index in [1.807, 2.05) is 13.1 Å². The maximum absolute atomic E-state index is 13.0. The predicted octanol–water partition coefficient (Wildman–Crippen LogP) is 2.93. The van der Waals surface area contributed by atoms with Crippen molar-refractivity contribution in [3.63, 3.8) is 0 Å². The summed E-state index contributed by atoms with van der Waals surface area (Å²) in [4.78, 5) is 0. The van der Waals surface area contributed by atoms with Gasteiger partial charge >= 0.3 is 0 Å². The third-order valence-corrected chi connectivity index (χ3v) is 3.00. The summed E-state index contributed by atoms with van der Waals surface area (Å²) in [6.07, 6.45) is 1.73. The van der Waals surface area contributed by atoms with Crippen LogP contribution in [0.3, 0.4) is 0 Å². The summed E-state index contributed by atoms with van der Waals surface area (Å²) in [6.45, 7) is 0.610. The third-order valence-electron chi connectivity index (χ3n) is 2.31. The molecule has 0 amide bonds. The number of nitrogens with one attached hydrogen (secondary N) is 1. The largest absolute Gasteiger partial charge is 0.378 e. The molecule has 0 radical (unpaired) electrons. The number of rotatable bonds is 3. The van der Waals surface area contributed by atoms with Crippen LogP contribution in [0.5, 0.6) is 0 Å². The van der Waals surface area contributed by atoms with Crippen LogP contribution in [0, 0.1) is 5.82 Å². The molecule has 5 heteroatoms. The Bertz CT molecular complexity index is 496. The number of aryl methyl sites for hydroxylation is 1. The maximum atomic E-state index is 13.0. The first-order chi connectivity index (χ1) is 7.66. The van der Waals surface area contributed by atoms with Crippen LogP contribution in [0.1, 0.15) is 5.69 Å². The summed E-state index contributed by atoms with van der Waals surface area (Å²) in [6, 6.07) is 6.47. The van der Waals surface area contributed by atoms with Gasteiger partial charge < -0.3 is 5.32 Å². The summed E-state index contributed by atoms with van der Waals surface area (Å²) >= 11 is 3.36. The minimum Gasteiger partial charge on any atom is -0.378 e. The molecule has 84 valence electrons. The van der Waals surface area contributed by atoms with Gasteiger partial charge in [0.15, 0.2) is 0 Å². The number of nitrogens with zero attached hydrogens (tertiary/aromatic N) is 2. The van der Waals surface area contributed by atoms with Gasteiger partial charge in [-0.2, -0.15) is 5.10 Å². The Morgan fingerprint density at radius 1 is 1.44 bits per heavy atom. The molecule has 0 aliphatic heterocycles. The molecule has 0 aliphatic carbocycles. The van der Waals surface area contributed by atoms with Crippen LogP contribution < -0.4 is 5.32 Å². The maximum Gasteiger partial charge on any atom is 0.125 e. The Morgan fingerprint density at radius 2 is 2.25 bits per heavy atom. The smallest absolute Gasteiger partial charge is 0.125 e. The van der Waals surface area contributed by atoms with Crippen molar-refractivity contribution in [1.29, 1.82) is 0 Å². The quantitative estimate of drug-likeness (QED) is 0.939. The fraction of sp³-hybridized carbons (Fsp3) is 0.182. The molecule has 1 N–H and O–H groups in total. The van der Waals surface area contributed by atoms with Gasteiger partial charge in [0.1, 0.15) is 5.82 Å². The summed E-state index contributed by atoms with van der Waals surface area (Å²) in [7, 11) is 1.87. The SMILES string of the molecule is Cn1nccc1CNc1cc(F)ccc1Br. The van der Waals surface area contributed by atoms with Crippen LogP contribution >= 0.6 is 15.9 Å². The van der Waals surface area contributed by atoms with E-state index in [0.717, 1.165) is 15.9 Å². The highest BCUT2D eigenvalue weighted by atomic mass is 79.9. The average molecular weight is 284 g/mol. The van der Waals surface area contributed by atoms with Crippen molar-refractivity contribution in [2.75, 3.05) is 5.32 Å². The van der Waals surface area contributed by atoms with Gasteiger partial charge in [-0.15, -0.1) is 0 Å². The molecule has 1 heterocycles. The topological polar surface area (TPSA) is 29.9 Å². The molecule has 0 atom stereocenters. The van der Waals surface area contributed by atoms with Gasteiger partial charge in [-0.3, -0.25) is 4.68 Å². The summed E-state index contributed by atoms with van der Waals surface area (Å²) < 4.78 is 15.6. The van der Waals surface area contributed by atoms with Crippen LogP contribution in [0.4, 0.5) is 10.1 Å². The zero-order valence-electron chi connectivity index (χ0n) is 8.74. The summed E-state index contributed by atoms with van der Waals surface area (Å²) in [5.41, 5.74) is 1.78. The number of anilines is 1. The fourth-order valence-corrected chi connectivity index (χ4v) is 1.78. The molecular weight excluding hydrogens is 273 g/mol. The van der Waals surface area contributed by atoms with Crippen LogP contribution in [0.15, 0.2) is 34.9 Å². The van der Waals surface area contributed by atoms with E-state index in [0.29, 0.717) is 6.54 Å². The van der Waals surface area contributed by atoms with Crippen LogP contribution in [0.2, 0.25) is 0 Å². The predicted molar refractivity (Wildman–Crippen MR) is 64.6 cm³/mol. The van der Waals surface area contributed by atoms with Crippen LogP contribution in [-0.4, -0.2) is 9.78 Å². The number of halogens is 2. The van der Waals surface area contributed by atoms with E-state index >= 15 is 0 Å². The highest BCUT2D eigenvalue weighted by Crippen LogP contribution is 2.23. The molecular formula is C11H11BrFN3. The van der Waals surface area contributed by atoms with Gasteiger partial charge in [0.25, 0.3) is 0 Å². The number of aromatic nitrogens is 2. The third kappa shape index (κ3) is 2.41. The highest BCUT2D eigenvalue weighted by molar-refractivity contribution is 9.10. The first-order valence-electron chi connectivity index (χ1n) is 4.82. The van der Waals surface area contributed by atoms with E-state index in [1.165, 1.54) is 12.1 Å². The minimum atomic E-state index is -0.254. The van der Waals surface area contributed by atoms with Crippen LogP contribution in [0.25, 0.3) is 0 Å². The van der Waals surface area contributed by atoms with Gasteiger partial charge in [0.2, 0.25) is 0 Å². The highest BCUT2D eigenvalue weighted by Gasteiger charge is 2.03. The molecule has 0 saturated heterocycles. The van der Waals surface area contributed by atoms with E-state index in [9.17, 15) is 4.39 Å². The molecule has 0 fully saturated rings. The van der Waals surface area contributed by atoms with Crippen molar-refractivity contribution in [1.82, 2.24) is 9.78 Å². The Labute approximate surface area is 101 Å². The summed E-state index contributed by atoms with van der Waals surface area (Å²) in [5.74, 6) is -0.254. The van der Waals surface area contributed by atoms with Crippen molar-refractivity contribution in [3.8, 4) is 0 Å². The molecule has 0 bridgehead atoms. The Hall–Kier alpha value is -1.36.